The molecule has 0 aromatic heterocycles. The van der Waals surface area contributed by atoms with Crippen molar-refractivity contribution in [1.29, 1.82) is 0 Å². The average Bonchev–Trinajstić information content (AvgIpc) is 3.23. The van der Waals surface area contributed by atoms with Crippen LogP contribution in [0.15, 0.2) is 66.8 Å². The van der Waals surface area contributed by atoms with Crippen molar-refractivity contribution < 1.29 is 25.8 Å². The molecule has 1 aliphatic carbocycles. The van der Waals surface area contributed by atoms with Crippen LogP contribution in [-0.2, 0) is 36.7 Å². The van der Waals surface area contributed by atoms with E-state index >= 15 is 0 Å². The maximum atomic E-state index is 2.35. The molecule has 0 fully saturated rings. The van der Waals surface area contributed by atoms with E-state index < -0.39 is 0 Å². The van der Waals surface area contributed by atoms with Crippen LogP contribution in [0, 0.1) is 14.9 Å². The van der Waals surface area contributed by atoms with Gasteiger partial charge >= 0.3 is 0 Å². The molecule has 0 saturated heterocycles. The third-order valence-electron chi connectivity index (χ3n) is 5.09. The summed E-state index contributed by atoms with van der Waals surface area (Å²) in [5.41, 5.74) is 3.21. The second kappa shape index (κ2) is 10.6. The Morgan fingerprint density at radius 2 is 1.03 bits per heavy atom. The van der Waals surface area contributed by atoms with Crippen molar-refractivity contribution in [2.24, 2.45) is 0 Å². The Morgan fingerprint density at radius 3 is 1.31 bits per heavy atom. The van der Waals surface area contributed by atoms with Gasteiger partial charge in [-0.2, -0.15) is 0 Å². The summed E-state index contributed by atoms with van der Waals surface area (Å²) >= 11 is 0. The quantitative estimate of drug-likeness (QED) is 0.194. The summed E-state index contributed by atoms with van der Waals surface area (Å²) < 4.78 is 0. The number of benzene rings is 2. The van der Waals surface area contributed by atoms with Gasteiger partial charge in [-0.05, 0) is 17.3 Å². The van der Waals surface area contributed by atoms with Crippen LogP contribution in [0.1, 0.15) is 59.1 Å². The molecule has 0 N–H and O–H groups in total. The topological polar surface area (TPSA) is 0 Å². The normalized spacial score (nSPS) is 12.6. The zero-order valence-corrected chi connectivity index (χ0v) is 23.2. The summed E-state index contributed by atoms with van der Waals surface area (Å²) in [7, 11) is 0. The Morgan fingerprint density at radius 1 is 0.655 bits per heavy atom. The second-order valence-electron chi connectivity index (χ2n) is 9.34. The maximum Gasteiger partial charge on any atom is 0 e. The molecule has 0 unspecified atom stereocenters. The van der Waals surface area contributed by atoms with Gasteiger partial charge < -0.3 is 14.9 Å². The van der Waals surface area contributed by atoms with E-state index in [1.807, 2.05) is 0 Å². The first-order chi connectivity index (χ1) is 12.2. The predicted octanol–water partition coefficient (Wildman–Crippen LogP) is 8.71. The monoisotopic (exact) mass is 553 g/mol. The van der Waals surface area contributed by atoms with Crippen molar-refractivity contribution in [3.05, 3.63) is 92.7 Å². The number of hydrogen-bond donors (Lipinski definition) is 0. The van der Waals surface area contributed by atoms with Crippen molar-refractivity contribution >= 4 is 21.5 Å². The van der Waals surface area contributed by atoms with E-state index in [4.69, 9.17) is 0 Å². The van der Waals surface area contributed by atoms with Crippen LogP contribution in [0.2, 0.25) is 0 Å². The molecule has 0 radical (unpaired) electrons. The summed E-state index contributed by atoms with van der Waals surface area (Å²) in [5, 5.41) is 5.48. The van der Waals surface area contributed by atoms with Gasteiger partial charge in [0.2, 0.25) is 0 Å². The molecule has 0 bridgehead atoms. The van der Waals surface area contributed by atoms with E-state index in [1.165, 1.54) is 32.7 Å². The van der Waals surface area contributed by atoms with Gasteiger partial charge in [0.25, 0.3) is 0 Å². The first-order valence-corrected chi connectivity index (χ1v) is 9.62. The fourth-order valence-corrected chi connectivity index (χ4v) is 3.35. The van der Waals surface area contributed by atoms with Gasteiger partial charge in [-0.15, -0.1) is 39.7 Å². The molecule has 156 valence electrons. The van der Waals surface area contributed by atoms with Gasteiger partial charge in [0.1, 0.15) is 0 Å². The van der Waals surface area contributed by atoms with Crippen molar-refractivity contribution in [2.45, 2.75) is 58.8 Å². The van der Waals surface area contributed by atoms with Crippen LogP contribution in [0.4, 0.5) is 0 Å². The minimum absolute atomic E-state index is 0. The van der Waals surface area contributed by atoms with Crippen LogP contribution in [0.25, 0.3) is 21.5 Å². The zero-order valence-electron chi connectivity index (χ0n) is 19.6. The summed E-state index contributed by atoms with van der Waals surface area (Å²) in [6.45, 7) is 13.6. The van der Waals surface area contributed by atoms with E-state index in [9.17, 15) is 0 Å². The largest absolute Gasteiger partial charge is 0.358 e. The van der Waals surface area contributed by atoms with E-state index in [-0.39, 0.29) is 51.5 Å². The molecule has 4 rings (SSSR count). The Hall–Kier alpha value is -1.34. The number of rotatable bonds is 0. The van der Waals surface area contributed by atoms with E-state index in [0.29, 0.717) is 0 Å². The standard InChI is InChI=1S/C21H25.C5H6.2CH3.Hf/c1-20(2,3)16-7-9-18-14(12-16)11-15-13-17(21(4,5)6)8-10-19(15)18;1-2-4-5-3-1;;;/h7-13H,1-6H3;1-4H,5H2;2*1H3;/q-1;;2*-1;. The molecule has 0 aliphatic heterocycles. The predicted molar refractivity (Wildman–Crippen MR) is 130 cm³/mol. The van der Waals surface area contributed by atoms with Gasteiger partial charge in [0.15, 0.2) is 0 Å². The van der Waals surface area contributed by atoms with Gasteiger partial charge in [-0.1, -0.05) is 101 Å². The van der Waals surface area contributed by atoms with Crippen molar-refractivity contribution in [3.8, 4) is 0 Å². The molecule has 3 aromatic carbocycles. The molecule has 0 amide bonds. The van der Waals surface area contributed by atoms with E-state index in [2.05, 4.69) is 108 Å². The molecular weight excluding hydrogens is 515 g/mol. The van der Waals surface area contributed by atoms with Crippen molar-refractivity contribution in [1.82, 2.24) is 0 Å². The summed E-state index contributed by atoms with van der Waals surface area (Å²) in [4.78, 5) is 0. The molecule has 29 heavy (non-hydrogen) atoms. The first-order valence-electron chi connectivity index (χ1n) is 9.62. The third-order valence-corrected chi connectivity index (χ3v) is 5.09. The molecule has 0 atom stereocenters. The van der Waals surface area contributed by atoms with Crippen LogP contribution < -0.4 is 0 Å². The smallest absolute Gasteiger partial charge is 0 e. The average molecular weight is 552 g/mol. The molecular formula is C28H37Hf-3. The molecule has 1 heteroatoms. The van der Waals surface area contributed by atoms with E-state index in [0.717, 1.165) is 6.42 Å². The second-order valence-corrected chi connectivity index (χ2v) is 9.34. The molecule has 1 aliphatic rings. The molecule has 0 heterocycles. The Bertz CT molecular complexity index is 891. The van der Waals surface area contributed by atoms with Crippen molar-refractivity contribution in [2.75, 3.05) is 0 Å². The molecule has 0 nitrogen and oxygen atoms in total. The number of allylic oxidation sites excluding steroid dienone is 4. The fourth-order valence-electron chi connectivity index (χ4n) is 3.35. The Kier molecular flexibility index (Phi) is 10.1. The van der Waals surface area contributed by atoms with Gasteiger partial charge in [0.05, 0.1) is 0 Å². The minimum atomic E-state index is 0. The molecule has 0 saturated carbocycles. The summed E-state index contributed by atoms with van der Waals surface area (Å²) in [6.07, 6.45) is 9.50. The Balaban J connectivity index is 0.000000863. The van der Waals surface area contributed by atoms with Crippen LogP contribution >= 0.6 is 0 Å². The molecule has 3 aromatic rings. The first kappa shape index (κ1) is 27.7. The van der Waals surface area contributed by atoms with Gasteiger partial charge in [0, 0.05) is 25.8 Å². The maximum absolute atomic E-state index is 2.35. The number of fused-ring (bicyclic) bond motifs is 3. The Labute approximate surface area is 198 Å². The SMILES string of the molecule is C1=CCC=C1.CC(C)(C)c1ccc2c(c1)[cH-]c1cc(C(C)(C)C)ccc12.[CH3-].[CH3-].[Hf]. The zero-order chi connectivity index (χ0) is 18.9. The van der Waals surface area contributed by atoms with E-state index in [1.54, 1.807) is 0 Å². The summed E-state index contributed by atoms with van der Waals surface area (Å²) in [5.74, 6) is 0. The summed E-state index contributed by atoms with van der Waals surface area (Å²) in [6, 6.07) is 16.2. The minimum Gasteiger partial charge on any atom is -0.358 e. The van der Waals surface area contributed by atoms with Crippen LogP contribution in [0.5, 0.6) is 0 Å². The molecule has 0 spiro atoms. The van der Waals surface area contributed by atoms with Crippen molar-refractivity contribution in [3.63, 3.8) is 0 Å². The van der Waals surface area contributed by atoms with Gasteiger partial charge in [-0.25, -0.2) is 0 Å². The fraction of sp³-hybridized carbons (Fsp3) is 0.321. The van der Waals surface area contributed by atoms with Crippen LogP contribution in [-0.4, -0.2) is 0 Å². The number of hydrogen-bond acceptors (Lipinski definition) is 0. The third kappa shape index (κ3) is 6.57. The van der Waals surface area contributed by atoms with Crippen LogP contribution in [0.3, 0.4) is 0 Å². The van der Waals surface area contributed by atoms with Gasteiger partial charge in [-0.3, -0.25) is 0 Å².